The summed E-state index contributed by atoms with van der Waals surface area (Å²) < 4.78 is 4.76. The summed E-state index contributed by atoms with van der Waals surface area (Å²) in [5.74, 6) is -0.172. The molecule has 4 nitrogen and oxygen atoms in total. The highest BCUT2D eigenvalue weighted by Gasteiger charge is 2.31. The lowest BCUT2D eigenvalue weighted by Crippen LogP contribution is -2.18. The molecule has 1 aromatic heterocycles. The first-order valence-electron chi connectivity index (χ1n) is 6.99. The van der Waals surface area contributed by atoms with Crippen LogP contribution in [0.4, 0.5) is 0 Å². The molecule has 3 rings (SSSR count). The van der Waals surface area contributed by atoms with Crippen LogP contribution in [0.25, 0.3) is 0 Å². The summed E-state index contributed by atoms with van der Waals surface area (Å²) in [6.45, 7) is 1.79. The molecule has 0 fully saturated rings. The molecule has 1 N–H and O–H groups in total. The van der Waals surface area contributed by atoms with Crippen molar-refractivity contribution in [3.8, 4) is 0 Å². The lowest BCUT2D eigenvalue weighted by Gasteiger charge is -2.22. The number of Topliss-reactive ketones (excluding diaryl/α,β-unsaturated/α-hetero) is 1. The molecule has 0 aliphatic heterocycles. The average molecular weight is 283 g/mol. The van der Waals surface area contributed by atoms with Gasteiger partial charge in [-0.2, -0.15) is 0 Å². The topological polar surface area (TPSA) is 59.2 Å². The maximum Gasteiger partial charge on any atom is 0.354 e. The third kappa shape index (κ3) is 2.27. The molecule has 0 spiro atoms. The van der Waals surface area contributed by atoms with Crippen LogP contribution < -0.4 is 0 Å². The fraction of sp³-hybridized carbons (Fsp3) is 0.294. The van der Waals surface area contributed by atoms with Crippen LogP contribution in [-0.2, 0) is 11.2 Å². The second-order valence-corrected chi connectivity index (χ2v) is 5.41. The monoisotopic (exact) mass is 283 g/mol. The molecular weight excluding hydrogens is 266 g/mol. The van der Waals surface area contributed by atoms with Gasteiger partial charge in [0.05, 0.1) is 7.11 Å². The van der Waals surface area contributed by atoms with E-state index in [-0.39, 0.29) is 11.7 Å². The Bertz CT molecular complexity index is 700. The molecule has 0 saturated carbocycles. The molecule has 1 aliphatic rings. The Morgan fingerprint density at radius 2 is 1.95 bits per heavy atom. The van der Waals surface area contributed by atoms with E-state index in [0.29, 0.717) is 23.2 Å². The van der Waals surface area contributed by atoms with Gasteiger partial charge in [0.15, 0.2) is 5.78 Å². The minimum atomic E-state index is -0.425. The highest BCUT2D eigenvalue weighted by Crippen LogP contribution is 2.34. The van der Waals surface area contributed by atoms with Gasteiger partial charge in [-0.05, 0) is 30.4 Å². The van der Waals surface area contributed by atoms with Crippen molar-refractivity contribution < 1.29 is 14.3 Å². The number of hydrogen-bond donors (Lipinski definition) is 1. The first-order valence-corrected chi connectivity index (χ1v) is 6.99. The number of nitrogens with one attached hydrogen (secondary N) is 1. The third-order valence-electron chi connectivity index (χ3n) is 4.15. The zero-order chi connectivity index (χ0) is 15.0. The molecule has 0 saturated heterocycles. The molecule has 1 atom stereocenters. The number of rotatable bonds is 2. The lowest BCUT2D eigenvalue weighted by atomic mass is 9.81. The van der Waals surface area contributed by atoms with Crippen LogP contribution >= 0.6 is 0 Å². The minimum absolute atomic E-state index is 0.0917. The van der Waals surface area contributed by atoms with E-state index < -0.39 is 5.97 Å². The van der Waals surface area contributed by atoms with E-state index in [0.717, 1.165) is 17.7 Å². The summed E-state index contributed by atoms with van der Waals surface area (Å²) >= 11 is 0. The Hall–Kier alpha value is -2.36. The van der Waals surface area contributed by atoms with E-state index in [4.69, 9.17) is 4.74 Å². The van der Waals surface area contributed by atoms with Crippen molar-refractivity contribution in [3.63, 3.8) is 0 Å². The Morgan fingerprint density at radius 3 is 2.62 bits per heavy atom. The molecule has 1 aliphatic carbocycles. The van der Waals surface area contributed by atoms with Crippen LogP contribution in [0.15, 0.2) is 30.3 Å². The van der Waals surface area contributed by atoms with Crippen molar-refractivity contribution in [2.75, 3.05) is 7.11 Å². The number of ketones is 1. The molecule has 0 bridgehead atoms. The van der Waals surface area contributed by atoms with Gasteiger partial charge < -0.3 is 9.72 Å². The quantitative estimate of drug-likeness (QED) is 0.862. The van der Waals surface area contributed by atoms with Gasteiger partial charge in [-0.3, -0.25) is 4.79 Å². The van der Waals surface area contributed by atoms with E-state index >= 15 is 0 Å². The van der Waals surface area contributed by atoms with Gasteiger partial charge in [0, 0.05) is 17.7 Å². The zero-order valence-corrected chi connectivity index (χ0v) is 12.1. The molecule has 108 valence electrons. The van der Waals surface area contributed by atoms with Crippen LogP contribution in [0.3, 0.4) is 0 Å². The summed E-state index contributed by atoms with van der Waals surface area (Å²) in [7, 11) is 1.34. The molecule has 0 amide bonds. The SMILES string of the molecule is COC(=O)c1[nH]c2c(c1C)C(=O)CC(c1ccccc1)C2. The maximum absolute atomic E-state index is 12.4. The number of aromatic nitrogens is 1. The van der Waals surface area contributed by atoms with Crippen LogP contribution in [0.2, 0.25) is 0 Å². The van der Waals surface area contributed by atoms with Gasteiger partial charge in [-0.1, -0.05) is 30.3 Å². The fourth-order valence-corrected chi connectivity index (χ4v) is 3.10. The van der Waals surface area contributed by atoms with E-state index in [9.17, 15) is 9.59 Å². The van der Waals surface area contributed by atoms with E-state index in [1.54, 1.807) is 6.92 Å². The van der Waals surface area contributed by atoms with Crippen molar-refractivity contribution in [2.45, 2.75) is 25.7 Å². The first-order chi connectivity index (χ1) is 10.1. The molecule has 21 heavy (non-hydrogen) atoms. The molecule has 1 unspecified atom stereocenters. The molecular formula is C17H17NO3. The Labute approximate surface area is 123 Å². The van der Waals surface area contributed by atoms with Crippen LogP contribution in [-0.4, -0.2) is 23.8 Å². The zero-order valence-electron chi connectivity index (χ0n) is 12.1. The van der Waals surface area contributed by atoms with E-state index in [1.807, 2.05) is 30.3 Å². The number of benzene rings is 1. The van der Waals surface area contributed by atoms with E-state index in [1.165, 1.54) is 7.11 Å². The van der Waals surface area contributed by atoms with E-state index in [2.05, 4.69) is 4.98 Å². The predicted octanol–water partition coefficient (Wildman–Crippen LogP) is 3.02. The molecule has 1 aromatic carbocycles. The Kier molecular flexibility index (Phi) is 3.37. The number of aromatic amines is 1. The first kappa shape index (κ1) is 13.6. The largest absolute Gasteiger partial charge is 0.464 e. The van der Waals surface area contributed by atoms with Crippen molar-refractivity contribution in [2.24, 2.45) is 0 Å². The number of fused-ring (bicyclic) bond motifs is 1. The van der Waals surface area contributed by atoms with Gasteiger partial charge >= 0.3 is 5.97 Å². The molecule has 1 heterocycles. The number of ether oxygens (including phenoxy) is 1. The number of carbonyl (C=O) groups is 2. The molecule has 2 aromatic rings. The summed E-state index contributed by atoms with van der Waals surface area (Å²) in [6.07, 6.45) is 1.22. The van der Waals surface area contributed by atoms with Crippen molar-refractivity contribution in [1.29, 1.82) is 0 Å². The fourth-order valence-electron chi connectivity index (χ4n) is 3.10. The Morgan fingerprint density at radius 1 is 1.24 bits per heavy atom. The summed E-state index contributed by atoms with van der Waals surface area (Å²) in [5.41, 5.74) is 3.77. The highest BCUT2D eigenvalue weighted by atomic mass is 16.5. The van der Waals surface area contributed by atoms with Crippen LogP contribution in [0.5, 0.6) is 0 Å². The van der Waals surface area contributed by atoms with Gasteiger partial charge in [-0.15, -0.1) is 0 Å². The van der Waals surface area contributed by atoms with Crippen molar-refractivity contribution in [1.82, 2.24) is 4.98 Å². The minimum Gasteiger partial charge on any atom is -0.464 e. The lowest BCUT2D eigenvalue weighted by molar-refractivity contribution is 0.0593. The number of carbonyl (C=O) groups excluding carboxylic acids is 2. The summed E-state index contributed by atoms with van der Waals surface area (Å²) in [4.78, 5) is 27.3. The number of H-pyrrole nitrogens is 1. The van der Waals surface area contributed by atoms with Crippen molar-refractivity contribution in [3.05, 3.63) is 58.4 Å². The number of esters is 1. The van der Waals surface area contributed by atoms with Gasteiger partial charge in [0.2, 0.25) is 0 Å². The summed E-state index contributed by atoms with van der Waals surface area (Å²) in [6, 6.07) is 10.0. The normalized spacial score (nSPS) is 17.4. The van der Waals surface area contributed by atoms with Crippen molar-refractivity contribution >= 4 is 11.8 Å². The third-order valence-corrected chi connectivity index (χ3v) is 4.15. The standard InChI is InChI=1S/C17H17NO3/c1-10-15-13(18-16(10)17(20)21-2)8-12(9-14(15)19)11-6-4-3-5-7-11/h3-7,12,18H,8-9H2,1-2H3. The number of methoxy groups -OCH3 is 1. The predicted molar refractivity (Wildman–Crippen MR) is 78.7 cm³/mol. The maximum atomic E-state index is 12.4. The van der Waals surface area contributed by atoms with Gasteiger partial charge in [0.1, 0.15) is 5.69 Å². The van der Waals surface area contributed by atoms with Crippen LogP contribution in [0.1, 0.15) is 50.0 Å². The second-order valence-electron chi connectivity index (χ2n) is 5.41. The molecule has 0 radical (unpaired) electrons. The van der Waals surface area contributed by atoms with Gasteiger partial charge in [0.25, 0.3) is 0 Å². The second kappa shape index (κ2) is 5.20. The molecule has 4 heteroatoms. The average Bonchev–Trinajstić information content (AvgIpc) is 2.85. The van der Waals surface area contributed by atoms with Gasteiger partial charge in [-0.25, -0.2) is 4.79 Å². The number of hydrogen-bond acceptors (Lipinski definition) is 3. The smallest absolute Gasteiger partial charge is 0.354 e. The van der Waals surface area contributed by atoms with Crippen LogP contribution in [0, 0.1) is 6.92 Å². The Balaban J connectivity index is 1.99. The highest BCUT2D eigenvalue weighted by molar-refractivity contribution is 6.03. The summed E-state index contributed by atoms with van der Waals surface area (Å²) in [5, 5.41) is 0.